The number of nitrogens with one attached hydrogen (secondary N) is 1. The minimum absolute atomic E-state index is 0.598. The average Bonchev–Trinajstić information content (AvgIpc) is 2.32. The zero-order valence-electron chi connectivity index (χ0n) is 9.90. The molecule has 0 saturated heterocycles. The number of carboxylic acids is 1. The van der Waals surface area contributed by atoms with Gasteiger partial charge in [-0.2, -0.15) is 0 Å². The summed E-state index contributed by atoms with van der Waals surface area (Å²) in [4.78, 5) is 10.9. The van der Waals surface area contributed by atoms with Gasteiger partial charge < -0.3 is 10.4 Å². The molecular formula is C14H15NO2. The van der Waals surface area contributed by atoms with E-state index in [2.05, 4.69) is 5.32 Å². The molecule has 3 heteroatoms. The monoisotopic (exact) mass is 229 g/mol. The van der Waals surface area contributed by atoms with Crippen LogP contribution in [0.2, 0.25) is 0 Å². The van der Waals surface area contributed by atoms with Gasteiger partial charge in [0, 0.05) is 11.1 Å². The van der Waals surface area contributed by atoms with Crippen molar-refractivity contribution in [2.45, 2.75) is 19.9 Å². The molecule has 2 rings (SSSR count). The van der Waals surface area contributed by atoms with Gasteiger partial charge in [-0.05, 0) is 24.8 Å². The van der Waals surface area contributed by atoms with Crippen LogP contribution in [0.15, 0.2) is 36.4 Å². The lowest BCUT2D eigenvalue weighted by Crippen LogP contribution is -2.25. The van der Waals surface area contributed by atoms with E-state index in [1.807, 2.05) is 43.3 Å². The molecule has 2 N–H and O–H groups in total. The molecule has 17 heavy (non-hydrogen) atoms. The van der Waals surface area contributed by atoms with Crippen LogP contribution < -0.4 is 5.32 Å². The number of rotatable bonds is 3. The Morgan fingerprint density at radius 3 is 2.65 bits per heavy atom. The molecule has 0 saturated carbocycles. The molecule has 0 spiro atoms. The van der Waals surface area contributed by atoms with Crippen LogP contribution in [-0.4, -0.2) is 17.1 Å². The van der Waals surface area contributed by atoms with Crippen LogP contribution in [0, 0.1) is 6.92 Å². The van der Waals surface area contributed by atoms with Gasteiger partial charge in [0.1, 0.15) is 6.04 Å². The average molecular weight is 229 g/mol. The summed E-state index contributed by atoms with van der Waals surface area (Å²) in [5.41, 5.74) is 1.95. The van der Waals surface area contributed by atoms with Crippen LogP contribution in [-0.2, 0) is 4.79 Å². The number of carbonyl (C=O) groups is 1. The van der Waals surface area contributed by atoms with Crippen molar-refractivity contribution in [2.75, 3.05) is 5.32 Å². The summed E-state index contributed by atoms with van der Waals surface area (Å²) in [5.74, 6) is -0.850. The largest absolute Gasteiger partial charge is 0.480 e. The van der Waals surface area contributed by atoms with Gasteiger partial charge >= 0.3 is 5.97 Å². The third-order valence-electron chi connectivity index (χ3n) is 2.87. The fourth-order valence-corrected chi connectivity index (χ4v) is 1.85. The van der Waals surface area contributed by atoms with Gasteiger partial charge in [-0.15, -0.1) is 0 Å². The first-order valence-corrected chi connectivity index (χ1v) is 5.57. The second kappa shape index (κ2) is 4.45. The molecule has 0 radical (unpaired) electrons. The van der Waals surface area contributed by atoms with Crippen LogP contribution in [0.3, 0.4) is 0 Å². The Kier molecular flexibility index (Phi) is 3.00. The Morgan fingerprint density at radius 2 is 1.94 bits per heavy atom. The smallest absolute Gasteiger partial charge is 0.325 e. The lowest BCUT2D eigenvalue weighted by molar-refractivity contribution is -0.137. The third-order valence-corrected chi connectivity index (χ3v) is 2.87. The Bertz CT molecular complexity index is 563. The minimum Gasteiger partial charge on any atom is -0.480 e. The Hall–Kier alpha value is -2.03. The predicted octanol–water partition coefficient (Wildman–Crippen LogP) is 3.03. The Labute approximate surface area is 100 Å². The fraction of sp³-hybridized carbons (Fsp3) is 0.214. The van der Waals surface area contributed by atoms with E-state index in [0.717, 1.165) is 22.0 Å². The zero-order chi connectivity index (χ0) is 12.4. The van der Waals surface area contributed by atoms with E-state index < -0.39 is 12.0 Å². The van der Waals surface area contributed by atoms with Crippen molar-refractivity contribution in [3.63, 3.8) is 0 Å². The van der Waals surface area contributed by atoms with E-state index in [0.29, 0.717) is 0 Å². The minimum atomic E-state index is -0.850. The van der Waals surface area contributed by atoms with Crippen molar-refractivity contribution in [3.8, 4) is 0 Å². The van der Waals surface area contributed by atoms with Crippen LogP contribution >= 0.6 is 0 Å². The number of aliphatic carboxylic acids is 1. The first-order valence-electron chi connectivity index (χ1n) is 5.57. The van der Waals surface area contributed by atoms with E-state index in [1.165, 1.54) is 0 Å². The molecule has 1 atom stereocenters. The van der Waals surface area contributed by atoms with E-state index in [1.54, 1.807) is 6.92 Å². The summed E-state index contributed by atoms with van der Waals surface area (Å²) < 4.78 is 0. The molecule has 0 aromatic heterocycles. The number of benzene rings is 2. The lowest BCUT2D eigenvalue weighted by atomic mass is 10.0. The first kappa shape index (κ1) is 11.5. The van der Waals surface area contributed by atoms with E-state index in [4.69, 9.17) is 5.11 Å². The molecule has 0 aliphatic heterocycles. The number of anilines is 1. The molecule has 0 bridgehead atoms. The zero-order valence-corrected chi connectivity index (χ0v) is 9.90. The van der Waals surface area contributed by atoms with E-state index in [9.17, 15) is 4.79 Å². The van der Waals surface area contributed by atoms with Gasteiger partial charge in [0.25, 0.3) is 0 Å². The van der Waals surface area contributed by atoms with E-state index >= 15 is 0 Å². The molecule has 0 amide bonds. The van der Waals surface area contributed by atoms with Crippen molar-refractivity contribution in [3.05, 3.63) is 42.0 Å². The maximum atomic E-state index is 10.9. The van der Waals surface area contributed by atoms with Crippen LogP contribution in [0.25, 0.3) is 10.8 Å². The van der Waals surface area contributed by atoms with Crippen molar-refractivity contribution in [2.24, 2.45) is 0 Å². The molecule has 88 valence electrons. The van der Waals surface area contributed by atoms with Gasteiger partial charge in [0.05, 0.1) is 0 Å². The summed E-state index contributed by atoms with van der Waals surface area (Å²) in [7, 11) is 0. The summed E-state index contributed by atoms with van der Waals surface area (Å²) in [6.07, 6.45) is 0. The van der Waals surface area contributed by atoms with E-state index in [-0.39, 0.29) is 0 Å². The lowest BCUT2D eigenvalue weighted by Gasteiger charge is -2.15. The molecule has 0 aliphatic carbocycles. The Balaban J connectivity index is 2.51. The molecule has 3 nitrogen and oxygen atoms in total. The van der Waals surface area contributed by atoms with Gasteiger partial charge in [-0.3, -0.25) is 4.79 Å². The topological polar surface area (TPSA) is 49.3 Å². The second-order valence-electron chi connectivity index (χ2n) is 4.18. The van der Waals surface area contributed by atoms with Gasteiger partial charge in [-0.1, -0.05) is 36.4 Å². The predicted molar refractivity (Wildman–Crippen MR) is 69.4 cm³/mol. The van der Waals surface area contributed by atoms with Gasteiger partial charge in [0.15, 0.2) is 0 Å². The highest BCUT2D eigenvalue weighted by atomic mass is 16.4. The number of hydrogen-bond donors (Lipinski definition) is 2. The van der Waals surface area contributed by atoms with Crippen molar-refractivity contribution in [1.29, 1.82) is 0 Å². The van der Waals surface area contributed by atoms with Crippen LogP contribution in [0.5, 0.6) is 0 Å². The fourth-order valence-electron chi connectivity index (χ4n) is 1.85. The molecule has 0 fully saturated rings. The second-order valence-corrected chi connectivity index (χ2v) is 4.18. The van der Waals surface area contributed by atoms with Crippen molar-refractivity contribution in [1.82, 2.24) is 0 Å². The SMILES string of the molecule is Cc1ccc2ccccc2c1N[C@H](C)C(=O)O. The highest BCUT2D eigenvalue weighted by Gasteiger charge is 2.13. The maximum Gasteiger partial charge on any atom is 0.325 e. The van der Waals surface area contributed by atoms with Crippen LogP contribution in [0.4, 0.5) is 5.69 Å². The van der Waals surface area contributed by atoms with Gasteiger partial charge in [-0.25, -0.2) is 0 Å². The van der Waals surface area contributed by atoms with Crippen molar-refractivity contribution >= 4 is 22.4 Å². The molecule has 2 aromatic carbocycles. The van der Waals surface area contributed by atoms with Crippen LogP contribution in [0.1, 0.15) is 12.5 Å². The molecule has 0 aliphatic rings. The number of fused-ring (bicyclic) bond motifs is 1. The maximum absolute atomic E-state index is 10.9. The standard InChI is InChI=1S/C14H15NO2/c1-9-7-8-11-5-3-4-6-12(11)13(9)15-10(2)14(16)17/h3-8,10,15H,1-2H3,(H,16,17)/t10-/m1/s1. The Morgan fingerprint density at radius 1 is 1.24 bits per heavy atom. The summed E-state index contributed by atoms with van der Waals surface area (Å²) in [5, 5.41) is 14.2. The number of aryl methyl sites for hydroxylation is 1. The molecular weight excluding hydrogens is 214 g/mol. The summed E-state index contributed by atoms with van der Waals surface area (Å²) in [6, 6.07) is 11.4. The summed E-state index contributed by atoms with van der Waals surface area (Å²) in [6.45, 7) is 3.62. The highest BCUT2D eigenvalue weighted by molar-refractivity contribution is 5.96. The number of carboxylic acid groups (broad SMARTS) is 1. The molecule has 0 heterocycles. The van der Waals surface area contributed by atoms with Crippen molar-refractivity contribution < 1.29 is 9.90 Å². The molecule has 2 aromatic rings. The quantitative estimate of drug-likeness (QED) is 0.850. The highest BCUT2D eigenvalue weighted by Crippen LogP contribution is 2.27. The third kappa shape index (κ3) is 2.23. The first-order chi connectivity index (χ1) is 8.09. The summed E-state index contributed by atoms with van der Waals surface area (Å²) >= 11 is 0. The van der Waals surface area contributed by atoms with Gasteiger partial charge in [0.2, 0.25) is 0 Å². The number of hydrogen-bond acceptors (Lipinski definition) is 2. The molecule has 0 unspecified atom stereocenters. The normalized spacial score (nSPS) is 12.4.